The van der Waals surface area contributed by atoms with Crippen LogP contribution in [0.1, 0.15) is 21.9 Å². The summed E-state index contributed by atoms with van der Waals surface area (Å²) in [7, 11) is 0. The van der Waals surface area contributed by atoms with Gasteiger partial charge >= 0.3 is 5.97 Å². The van der Waals surface area contributed by atoms with Crippen LogP contribution in [0.5, 0.6) is 0 Å². The molecule has 78 valence electrons. The van der Waals surface area contributed by atoms with E-state index in [1.165, 1.54) is 18.7 Å². The van der Waals surface area contributed by atoms with Gasteiger partial charge in [0.15, 0.2) is 0 Å². The number of hydrogen-bond acceptors (Lipinski definition) is 4. The molecule has 0 aliphatic carbocycles. The van der Waals surface area contributed by atoms with Gasteiger partial charge < -0.3 is 14.1 Å². The summed E-state index contributed by atoms with van der Waals surface area (Å²) in [6, 6.07) is 1.51. The molecule has 2 heterocycles. The molecule has 0 aliphatic rings. The fourth-order valence-electron chi connectivity index (χ4n) is 1.32. The molecule has 1 N–H and O–H groups in total. The molecule has 2 aromatic heterocycles. The molecular weight excluding hydrogens is 198 g/mol. The van der Waals surface area contributed by atoms with Crippen LogP contribution in [0.4, 0.5) is 0 Å². The maximum Gasteiger partial charge on any atom is 0.339 e. The SMILES string of the molecule is Cc1oc(Cn2cnnc2)cc1C(=O)O. The average Bonchev–Trinajstić information content (AvgIpc) is 2.75. The van der Waals surface area contributed by atoms with E-state index in [0.29, 0.717) is 18.1 Å². The van der Waals surface area contributed by atoms with Crippen LogP contribution in [0.3, 0.4) is 0 Å². The van der Waals surface area contributed by atoms with Gasteiger partial charge in [-0.25, -0.2) is 4.79 Å². The Hall–Kier alpha value is -2.11. The van der Waals surface area contributed by atoms with E-state index in [1.54, 1.807) is 11.5 Å². The lowest BCUT2D eigenvalue weighted by atomic mass is 10.2. The van der Waals surface area contributed by atoms with E-state index < -0.39 is 5.97 Å². The van der Waals surface area contributed by atoms with Crippen LogP contribution in [0.25, 0.3) is 0 Å². The molecule has 0 spiro atoms. The Morgan fingerprint density at radius 3 is 2.73 bits per heavy atom. The van der Waals surface area contributed by atoms with Crippen LogP contribution in [-0.2, 0) is 6.54 Å². The number of furan rings is 1. The predicted molar refractivity (Wildman–Crippen MR) is 49.5 cm³/mol. The molecule has 15 heavy (non-hydrogen) atoms. The molecule has 6 nitrogen and oxygen atoms in total. The lowest BCUT2D eigenvalue weighted by Crippen LogP contribution is -1.96. The maximum absolute atomic E-state index is 10.7. The highest BCUT2D eigenvalue weighted by atomic mass is 16.4. The van der Waals surface area contributed by atoms with Crippen LogP contribution in [-0.4, -0.2) is 25.8 Å². The third-order valence-electron chi connectivity index (χ3n) is 2.00. The molecule has 0 aromatic carbocycles. The van der Waals surface area contributed by atoms with Gasteiger partial charge in [-0.05, 0) is 13.0 Å². The largest absolute Gasteiger partial charge is 0.478 e. The van der Waals surface area contributed by atoms with Gasteiger partial charge in [0.1, 0.15) is 29.7 Å². The van der Waals surface area contributed by atoms with Gasteiger partial charge in [0, 0.05) is 0 Å². The number of nitrogens with zero attached hydrogens (tertiary/aromatic N) is 3. The first-order chi connectivity index (χ1) is 7.16. The zero-order valence-corrected chi connectivity index (χ0v) is 8.04. The van der Waals surface area contributed by atoms with Gasteiger partial charge in [-0.3, -0.25) is 0 Å². The van der Waals surface area contributed by atoms with Crippen molar-refractivity contribution in [1.82, 2.24) is 14.8 Å². The lowest BCUT2D eigenvalue weighted by molar-refractivity contribution is 0.0695. The fraction of sp³-hybridized carbons (Fsp3) is 0.222. The summed E-state index contributed by atoms with van der Waals surface area (Å²) in [4.78, 5) is 10.7. The second-order valence-corrected chi connectivity index (χ2v) is 3.12. The summed E-state index contributed by atoms with van der Waals surface area (Å²) in [5.41, 5.74) is 0.193. The van der Waals surface area contributed by atoms with E-state index >= 15 is 0 Å². The first-order valence-electron chi connectivity index (χ1n) is 4.32. The lowest BCUT2D eigenvalue weighted by Gasteiger charge is -1.94. The number of rotatable bonds is 3. The van der Waals surface area contributed by atoms with Gasteiger partial charge in [0.05, 0.1) is 6.54 Å². The molecular formula is C9H9N3O3. The van der Waals surface area contributed by atoms with Crippen molar-refractivity contribution < 1.29 is 14.3 Å². The van der Waals surface area contributed by atoms with Gasteiger partial charge in [0.2, 0.25) is 0 Å². The van der Waals surface area contributed by atoms with Crippen LogP contribution in [0.2, 0.25) is 0 Å². The first kappa shape index (κ1) is 9.45. The highest BCUT2D eigenvalue weighted by Crippen LogP contribution is 2.15. The molecule has 2 aromatic rings. The van der Waals surface area contributed by atoms with E-state index in [4.69, 9.17) is 9.52 Å². The van der Waals surface area contributed by atoms with Gasteiger partial charge in [-0.15, -0.1) is 10.2 Å². The highest BCUT2D eigenvalue weighted by molar-refractivity contribution is 5.88. The second kappa shape index (κ2) is 3.56. The summed E-state index contributed by atoms with van der Waals surface area (Å²) >= 11 is 0. The van der Waals surface area contributed by atoms with Crippen LogP contribution in [0.15, 0.2) is 23.1 Å². The van der Waals surface area contributed by atoms with Gasteiger partial charge in [-0.2, -0.15) is 0 Å². The number of carbonyl (C=O) groups is 1. The number of aromatic nitrogens is 3. The fourth-order valence-corrected chi connectivity index (χ4v) is 1.32. The molecule has 0 saturated carbocycles. The van der Waals surface area contributed by atoms with Crippen LogP contribution >= 0.6 is 0 Å². The number of aryl methyl sites for hydroxylation is 1. The molecule has 0 fully saturated rings. The van der Waals surface area contributed by atoms with E-state index in [0.717, 1.165) is 0 Å². The summed E-state index contributed by atoms with van der Waals surface area (Å²) in [6.45, 7) is 2.06. The van der Waals surface area contributed by atoms with Gasteiger partial charge in [0.25, 0.3) is 0 Å². The Bertz CT molecular complexity index is 473. The normalized spacial score (nSPS) is 10.5. The molecule has 0 bridgehead atoms. The third-order valence-corrected chi connectivity index (χ3v) is 2.00. The summed E-state index contributed by atoms with van der Waals surface area (Å²) < 4.78 is 6.99. The molecule has 0 atom stereocenters. The molecule has 0 saturated heterocycles. The Morgan fingerprint density at radius 2 is 2.20 bits per heavy atom. The van der Waals surface area contributed by atoms with Crippen molar-refractivity contribution in [2.45, 2.75) is 13.5 Å². The van der Waals surface area contributed by atoms with Gasteiger partial charge in [-0.1, -0.05) is 0 Å². The van der Waals surface area contributed by atoms with E-state index in [-0.39, 0.29) is 5.56 Å². The zero-order valence-electron chi connectivity index (χ0n) is 8.04. The minimum Gasteiger partial charge on any atom is -0.478 e. The Balaban J connectivity index is 2.23. The standard InChI is InChI=1S/C9H9N3O3/c1-6-8(9(13)14)2-7(15-6)3-12-4-10-11-5-12/h2,4-5H,3H2,1H3,(H,13,14). The topological polar surface area (TPSA) is 81.2 Å². The quantitative estimate of drug-likeness (QED) is 0.809. The molecule has 0 radical (unpaired) electrons. The molecule has 0 amide bonds. The maximum atomic E-state index is 10.7. The van der Waals surface area contributed by atoms with E-state index in [1.807, 2.05) is 0 Å². The number of aromatic carboxylic acids is 1. The van der Waals surface area contributed by atoms with E-state index in [2.05, 4.69) is 10.2 Å². The summed E-state index contributed by atoms with van der Waals surface area (Å²) in [6.07, 6.45) is 3.08. The first-order valence-corrected chi connectivity index (χ1v) is 4.32. The third kappa shape index (κ3) is 1.88. The monoisotopic (exact) mass is 207 g/mol. The molecule has 0 unspecified atom stereocenters. The molecule has 2 rings (SSSR count). The Kier molecular flexibility index (Phi) is 2.24. The van der Waals surface area contributed by atoms with E-state index in [9.17, 15) is 4.79 Å². The van der Waals surface area contributed by atoms with Crippen molar-refractivity contribution in [3.8, 4) is 0 Å². The predicted octanol–water partition coefficient (Wildman–Crippen LogP) is 0.926. The Morgan fingerprint density at radius 1 is 1.53 bits per heavy atom. The number of carboxylic acids is 1. The van der Waals surface area contributed by atoms with Crippen molar-refractivity contribution in [2.24, 2.45) is 0 Å². The van der Waals surface area contributed by atoms with Crippen molar-refractivity contribution in [3.05, 3.63) is 35.8 Å². The minimum atomic E-state index is -0.980. The van der Waals surface area contributed by atoms with Crippen LogP contribution < -0.4 is 0 Å². The number of carboxylic acid groups (broad SMARTS) is 1. The Labute approximate surface area is 85.2 Å². The second-order valence-electron chi connectivity index (χ2n) is 3.12. The van der Waals surface area contributed by atoms with Crippen molar-refractivity contribution >= 4 is 5.97 Å². The number of hydrogen-bond donors (Lipinski definition) is 1. The van der Waals surface area contributed by atoms with Crippen molar-refractivity contribution in [1.29, 1.82) is 0 Å². The zero-order chi connectivity index (χ0) is 10.8. The van der Waals surface area contributed by atoms with Crippen molar-refractivity contribution in [3.63, 3.8) is 0 Å². The summed E-state index contributed by atoms with van der Waals surface area (Å²) in [5.74, 6) is 0.00142. The van der Waals surface area contributed by atoms with Crippen LogP contribution in [0, 0.1) is 6.92 Å². The van der Waals surface area contributed by atoms with Crippen molar-refractivity contribution in [2.75, 3.05) is 0 Å². The summed E-state index contributed by atoms with van der Waals surface area (Å²) in [5, 5.41) is 16.1. The molecule has 6 heteroatoms. The smallest absolute Gasteiger partial charge is 0.339 e. The molecule has 0 aliphatic heterocycles. The average molecular weight is 207 g/mol. The highest BCUT2D eigenvalue weighted by Gasteiger charge is 2.13. The minimum absolute atomic E-state index is 0.193.